The maximum absolute atomic E-state index is 12.6. The number of amides is 1. The average Bonchev–Trinajstić information content (AvgIpc) is 3.17. The van der Waals surface area contributed by atoms with Crippen LogP contribution in [0.1, 0.15) is 18.1 Å². The SMILES string of the molecule is C[C@](O)(C(=O)NCc1cccnc1-n1cnc2ccccc21)c1ccccc1. The second-order valence-corrected chi connectivity index (χ2v) is 6.71. The van der Waals surface area contributed by atoms with Crippen molar-refractivity contribution >= 4 is 16.9 Å². The third-order valence-electron chi connectivity index (χ3n) is 4.77. The van der Waals surface area contributed by atoms with Crippen molar-refractivity contribution in [2.45, 2.75) is 19.1 Å². The van der Waals surface area contributed by atoms with Gasteiger partial charge in [-0.2, -0.15) is 0 Å². The van der Waals surface area contributed by atoms with E-state index in [-0.39, 0.29) is 6.54 Å². The molecule has 2 heterocycles. The molecule has 0 aliphatic heterocycles. The van der Waals surface area contributed by atoms with Gasteiger partial charge in [-0.05, 0) is 30.7 Å². The molecule has 1 amide bonds. The van der Waals surface area contributed by atoms with Gasteiger partial charge in [0.1, 0.15) is 12.1 Å². The van der Waals surface area contributed by atoms with E-state index in [4.69, 9.17) is 0 Å². The molecular weight excluding hydrogens is 352 g/mol. The number of carbonyl (C=O) groups is 1. The minimum absolute atomic E-state index is 0.234. The normalized spacial score (nSPS) is 13.2. The van der Waals surface area contributed by atoms with Crippen molar-refractivity contribution in [3.8, 4) is 5.82 Å². The number of hydrogen-bond acceptors (Lipinski definition) is 4. The Bertz CT molecular complexity index is 1120. The van der Waals surface area contributed by atoms with Crippen molar-refractivity contribution in [1.82, 2.24) is 19.9 Å². The van der Waals surface area contributed by atoms with Crippen LogP contribution in [-0.4, -0.2) is 25.5 Å². The van der Waals surface area contributed by atoms with Gasteiger partial charge in [0.05, 0.1) is 11.0 Å². The van der Waals surface area contributed by atoms with Gasteiger partial charge in [-0.15, -0.1) is 0 Å². The summed E-state index contributed by atoms with van der Waals surface area (Å²) in [7, 11) is 0. The van der Waals surface area contributed by atoms with Crippen molar-refractivity contribution in [3.63, 3.8) is 0 Å². The summed E-state index contributed by atoms with van der Waals surface area (Å²) < 4.78 is 1.90. The number of para-hydroxylation sites is 2. The first-order valence-electron chi connectivity index (χ1n) is 9.00. The Labute approximate surface area is 162 Å². The van der Waals surface area contributed by atoms with Crippen molar-refractivity contribution in [1.29, 1.82) is 0 Å². The van der Waals surface area contributed by atoms with E-state index < -0.39 is 11.5 Å². The maximum Gasteiger partial charge on any atom is 0.256 e. The fourth-order valence-corrected chi connectivity index (χ4v) is 3.15. The fraction of sp³-hybridized carbons (Fsp3) is 0.136. The van der Waals surface area contributed by atoms with E-state index in [0.717, 1.165) is 16.6 Å². The van der Waals surface area contributed by atoms with Gasteiger partial charge in [0.25, 0.3) is 5.91 Å². The van der Waals surface area contributed by atoms with Crippen LogP contribution in [-0.2, 0) is 16.9 Å². The highest BCUT2D eigenvalue weighted by Gasteiger charge is 2.32. The van der Waals surface area contributed by atoms with Crippen LogP contribution in [0.5, 0.6) is 0 Å². The number of benzene rings is 2. The molecule has 28 heavy (non-hydrogen) atoms. The summed E-state index contributed by atoms with van der Waals surface area (Å²) in [5.41, 5.74) is 1.55. The minimum atomic E-state index is -1.62. The number of carbonyl (C=O) groups excluding carboxylic acids is 1. The molecule has 6 nitrogen and oxygen atoms in total. The highest BCUT2D eigenvalue weighted by Crippen LogP contribution is 2.22. The van der Waals surface area contributed by atoms with Crippen molar-refractivity contribution < 1.29 is 9.90 Å². The third-order valence-corrected chi connectivity index (χ3v) is 4.77. The van der Waals surface area contributed by atoms with E-state index in [0.29, 0.717) is 11.4 Å². The molecule has 0 saturated carbocycles. The van der Waals surface area contributed by atoms with Crippen LogP contribution in [0.25, 0.3) is 16.9 Å². The van der Waals surface area contributed by atoms with Crippen LogP contribution >= 0.6 is 0 Å². The maximum atomic E-state index is 12.6. The van der Waals surface area contributed by atoms with Gasteiger partial charge in [-0.25, -0.2) is 9.97 Å². The summed E-state index contributed by atoms with van der Waals surface area (Å²) >= 11 is 0. The Morgan fingerprint density at radius 3 is 2.61 bits per heavy atom. The van der Waals surface area contributed by atoms with Crippen LogP contribution in [0.15, 0.2) is 79.3 Å². The molecule has 0 aliphatic rings. The number of nitrogens with one attached hydrogen (secondary N) is 1. The lowest BCUT2D eigenvalue weighted by atomic mass is 9.95. The first kappa shape index (κ1) is 17.9. The van der Waals surface area contributed by atoms with Gasteiger partial charge in [0.2, 0.25) is 0 Å². The highest BCUT2D eigenvalue weighted by atomic mass is 16.3. The first-order chi connectivity index (χ1) is 13.6. The van der Waals surface area contributed by atoms with Gasteiger partial charge in [-0.3, -0.25) is 9.36 Å². The topological polar surface area (TPSA) is 80.0 Å². The lowest BCUT2D eigenvalue weighted by Gasteiger charge is -2.23. The quantitative estimate of drug-likeness (QED) is 0.564. The number of imidazole rings is 1. The van der Waals surface area contributed by atoms with Gasteiger partial charge < -0.3 is 10.4 Å². The van der Waals surface area contributed by atoms with Crippen LogP contribution in [0, 0.1) is 0 Å². The molecule has 6 heteroatoms. The first-order valence-corrected chi connectivity index (χ1v) is 9.00. The highest BCUT2D eigenvalue weighted by molar-refractivity contribution is 5.86. The number of rotatable bonds is 5. The molecule has 0 saturated heterocycles. The second kappa shape index (κ2) is 7.25. The second-order valence-electron chi connectivity index (χ2n) is 6.71. The van der Waals surface area contributed by atoms with E-state index in [1.807, 2.05) is 47.0 Å². The molecule has 4 aromatic rings. The Morgan fingerprint density at radius 2 is 1.79 bits per heavy atom. The molecule has 0 aliphatic carbocycles. The van der Waals surface area contributed by atoms with Crippen LogP contribution < -0.4 is 5.32 Å². The lowest BCUT2D eigenvalue weighted by molar-refractivity contribution is -0.139. The van der Waals surface area contributed by atoms with Crippen LogP contribution in [0.2, 0.25) is 0 Å². The standard InChI is InChI=1S/C22H20N4O2/c1-22(28,17-9-3-2-4-10-17)21(27)24-14-16-8-7-13-23-20(16)26-15-25-18-11-5-6-12-19(18)26/h2-13,15,28H,14H2,1H3,(H,24,27)/t22-/m1/s1. The summed E-state index contributed by atoms with van der Waals surface area (Å²) in [6.07, 6.45) is 3.42. The Hall–Kier alpha value is -3.51. The number of pyridine rings is 1. The molecule has 0 radical (unpaired) electrons. The van der Waals surface area contributed by atoms with Crippen LogP contribution in [0.3, 0.4) is 0 Å². The molecule has 0 unspecified atom stereocenters. The summed E-state index contributed by atoms with van der Waals surface area (Å²) in [5.74, 6) is 0.222. The Morgan fingerprint density at radius 1 is 1.04 bits per heavy atom. The predicted octanol–water partition coefficient (Wildman–Crippen LogP) is 2.94. The lowest BCUT2D eigenvalue weighted by Crippen LogP contribution is -2.42. The number of nitrogens with zero attached hydrogens (tertiary/aromatic N) is 3. The minimum Gasteiger partial charge on any atom is -0.376 e. The molecule has 4 rings (SSSR count). The number of hydrogen-bond donors (Lipinski definition) is 2. The summed E-state index contributed by atoms with van der Waals surface area (Å²) in [6, 6.07) is 20.4. The molecule has 2 aromatic heterocycles. The molecular formula is C22H20N4O2. The van der Waals surface area contributed by atoms with E-state index >= 15 is 0 Å². The average molecular weight is 372 g/mol. The summed E-state index contributed by atoms with van der Waals surface area (Å²) in [6.45, 7) is 1.72. The smallest absolute Gasteiger partial charge is 0.256 e. The van der Waals surface area contributed by atoms with Gasteiger partial charge in [-0.1, -0.05) is 48.5 Å². The zero-order valence-electron chi connectivity index (χ0n) is 15.4. The molecule has 0 fully saturated rings. The monoisotopic (exact) mass is 372 g/mol. The molecule has 0 spiro atoms. The third kappa shape index (κ3) is 3.25. The number of aromatic nitrogens is 3. The van der Waals surface area contributed by atoms with Crippen LogP contribution in [0.4, 0.5) is 0 Å². The zero-order valence-corrected chi connectivity index (χ0v) is 15.4. The van der Waals surface area contributed by atoms with Crippen molar-refractivity contribution in [2.24, 2.45) is 0 Å². The van der Waals surface area contributed by atoms with E-state index in [1.165, 1.54) is 6.92 Å². The van der Waals surface area contributed by atoms with Crippen molar-refractivity contribution in [3.05, 3.63) is 90.4 Å². The molecule has 2 N–H and O–H groups in total. The Kier molecular flexibility index (Phi) is 4.63. The number of fused-ring (bicyclic) bond motifs is 1. The van der Waals surface area contributed by atoms with Gasteiger partial charge in [0, 0.05) is 18.3 Å². The van der Waals surface area contributed by atoms with E-state index in [2.05, 4.69) is 15.3 Å². The predicted molar refractivity (Wildman–Crippen MR) is 107 cm³/mol. The largest absolute Gasteiger partial charge is 0.376 e. The molecule has 2 aromatic carbocycles. The molecule has 140 valence electrons. The van der Waals surface area contributed by atoms with E-state index in [9.17, 15) is 9.90 Å². The summed E-state index contributed by atoms with van der Waals surface area (Å²) in [5, 5.41) is 13.5. The fourth-order valence-electron chi connectivity index (χ4n) is 3.15. The van der Waals surface area contributed by atoms with Crippen molar-refractivity contribution in [2.75, 3.05) is 0 Å². The Balaban J connectivity index is 1.59. The van der Waals surface area contributed by atoms with Gasteiger partial charge in [0.15, 0.2) is 5.60 Å². The van der Waals surface area contributed by atoms with E-state index in [1.54, 1.807) is 36.8 Å². The molecule has 1 atom stereocenters. The van der Waals surface area contributed by atoms with Gasteiger partial charge >= 0.3 is 0 Å². The molecule has 0 bridgehead atoms. The summed E-state index contributed by atoms with van der Waals surface area (Å²) in [4.78, 5) is 21.5. The number of aliphatic hydroxyl groups is 1. The zero-order chi connectivity index (χ0) is 19.6.